The Bertz CT molecular complexity index is 549. The molecule has 0 saturated heterocycles. The summed E-state index contributed by atoms with van der Waals surface area (Å²) in [6, 6.07) is 4.26. The molecular formula is C18H25NO3. The number of carboxylic acid groups (broad SMARTS) is 1. The van der Waals surface area contributed by atoms with Gasteiger partial charge in [0.15, 0.2) is 0 Å². The molecule has 0 aromatic heterocycles. The van der Waals surface area contributed by atoms with Gasteiger partial charge >= 0.3 is 5.97 Å². The summed E-state index contributed by atoms with van der Waals surface area (Å²) in [6.45, 7) is 6.76. The van der Waals surface area contributed by atoms with Gasteiger partial charge in [-0.2, -0.15) is 0 Å². The van der Waals surface area contributed by atoms with Crippen LogP contribution < -0.4 is 5.32 Å². The van der Waals surface area contributed by atoms with Gasteiger partial charge in [-0.1, -0.05) is 17.7 Å². The highest BCUT2D eigenvalue weighted by atomic mass is 16.4. The van der Waals surface area contributed by atoms with Crippen molar-refractivity contribution in [3.63, 3.8) is 0 Å². The Balaban J connectivity index is 1.90. The fourth-order valence-corrected chi connectivity index (χ4v) is 3.41. The van der Waals surface area contributed by atoms with Crippen molar-refractivity contribution in [2.75, 3.05) is 0 Å². The van der Waals surface area contributed by atoms with Crippen molar-refractivity contribution in [2.45, 2.75) is 53.0 Å². The number of aryl methyl sites for hydroxylation is 3. The molecule has 4 heteroatoms. The number of nitrogens with one attached hydrogen (secondary N) is 1. The Morgan fingerprint density at radius 1 is 1.05 bits per heavy atom. The zero-order chi connectivity index (χ0) is 16.3. The molecule has 1 amide bonds. The van der Waals surface area contributed by atoms with E-state index in [4.69, 9.17) is 5.11 Å². The van der Waals surface area contributed by atoms with Gasteiger partial charge < -0.3 is 10.4 Å². The van der Waals surface area contributed by atoms with Crippen LogP contribution in [0.1, 0.15) is 47.9 Å². The van der Waals surface area contributed by atoms with Crippen LogP contribution in [0.2, 0.25) is 0 Å². The summed E-state index contributed by atoms with van der Waals surface area (Å²) in [6.07, 6.45) is 2.56. The van der Waals surface area contributed by atoms with E-state index in [9.17, 15) is 9.59 Å². The molecule has 4 nitrogen and oxygen atoms in total. The molecule has 0 atom stereocenters. The number of hydrogen-bond acceptors (Lipinski definition) is 2. The molecule has 0 radical (unpaired) electrons. The van der Waals surface area contributed by atoms with Crippen molar-refractivity contribution < 1.29 is 14.7 Å². The highest BCUT2D eigenvalue weighted by molar-refractivity contribution is 5.79. The van der Waals surface area contributed by atoms with E-state index in [1.165, 1.54) is 22.3 Å². The van der Waals surface area contributed by atoms with E-state index in [-0.39, 0.29) is 17.7 Å². The summed E-state index contributed by atoms with van der Waals surface area (Å²) in [5, 5.41) is 12.0. The minimum absolute atomic E-state index is 0.0401. The molecule has 1 fully saturated rings. The van der Waals surface area contributed by atoms with Crippen LogP contribution in [0, 0.1) is 32.6 Å². The Kier molecular flexibility index (Phi) is 5.22. The van der Waals surface area contributed by atoms with Gasteiger partial charge in [0, 0.05) is 12.5 Å². The maximum Gasteiger partial charge on any atom is 0.306 e. The largest absolute Gasteiger partial charge is 0.481 e. The Morgan fingerprint density at radius 2 is 1.55 bits per heavy atom. The van der Waals surface area contributed by atoms with Gasteiger partial charge in [-0.3, -0.25) is 9.59 Å². The van der Waals surface area contributed by atoms with Gasteiger partial charge in [0.2, 0.25) is 5.91 Å². The van der Waals surface area contributed by atoms with Gasteiger partial charge in [0.05, 0.1) is 5.92 Å². The Labute approximate surface area is 131 Å². The summed E-state index contributed by atoms with van der Waals surface area (Å²) < 4.78 is 0. The lowest BCUT2D eigenvalue weighted by Crippen LogP contribution is -2.34. The van der Waals surface area contributed by atoms with Crippen molar-refractivity contribution in [1.82, 2.24) is 5.32 Å². The number of benzene rings is 1. The van der Waals surface area contributed by atoms with Crippen molar-refractivity contribution in [3.8, 4) is 0 Å². The molecular weight excluding hydrogens is 278 g/mol. The predicted molar refractivity (Wildman–Crippen MR) is 85.6 cm³/mol. The van der Waals surface area contributed by atoms with Crippen LogP contribution in [-0.4, -0.2) is 17.0 Å². The van der Waals surface area contributed by atoms with Crippen molar-refractivity contribution in [1.29, 1.82) is 0 Å². The van der Waals surface area contributed by atoms with E-state index < -0.39 is 5.97 Å². The van der Waals surface area contributed by atoms with E-state index in [1.54, 1.807) is 0 Å². The van der Waals surface area contributed by atoms with E-state index in [1.807, 2.05) is 0 Å². The molecule has 1 aliphatic carbocycles. The molecule has 1 aliphatic rings. The van der Waals surface area contributed by atoms with Gasteiger partial charge in [-0.25, -0.2) is 0 Å². The molecule has 2 N–H and O–H groups in total. The second-order valence-electron chi connectivity index (χ2n) is 6.48. The minimum Gasteiger partial charge on any atom is -0.481 e. The standard InChI is InChI=1S/C18H25NO3/c1-11-8-12(2)16(13(3)9-11)10-19-17(20)14-4-6-15(7-5-14)18(21)22/h8-9,14-15H,4-7,10H2,1-3H3,(H,19,20)(H,21,22). The zero-order valence-corrected chi connectivity index (χ0v) is 13.6. The summed E-state index contributed by atoms with van der Waals surface area (Å²) in [4.78, 5) is 23.2. The van der Waals surface area contributed by atoms with E-state index >= 15 is 0 Å². The maximum absolute atomic E-state index is 12.3. The molecule has 0 unspecified atom stereocenters. The van der Waals surface area contributed by atoms with Gasteiger partial charge in [0.25, 0.3) is 0 Å². The number of rotatable bonds is 4. The number of aliphatic carboxylic acids is 1. The van der Waals surface area contributed by atoms with Gasteiger partial charge in [0.1, 0.15) is 0 Å². The number of carbonyl (C=O) groups excluding carboxylic acids is 1. The lowest BCUT2D eigenvalue weighted by Gasteiger charge is -2.25. The highest BCUT2D eigenvalue weighted by Crippen LogP contribution is 2.29. The summed E-state index contributed by atoms with van der Waals surface area (Å²) in [5.74, 6) is -0.986. The first-order valence-electron chi connectivity index (χ1n) is 7.95. The lowest BCUT2D eigenvalue weighted by atomic mass is 9.81. The molecule has 2 rings (SSSR count). The van der Waals surface area contributed by atoms with E-state index in [0.29, 0.717) is 32.2 Å². The molecule has 22 heavy (non-hydrogen) atoms. The second kappa shape index (κ2) is 6.95. The quantitative estimate of drug-likeness (QED) is 0.898. The van der Waals surface area contributed by atoms with Crippen LogP contribution in [-0.2, 0) is 16.1 Å². The van der Waals surface area contributed by atoms with Crippen LogP contribution >= 0.6 is 0 Å². The van der Waals surface area contributed by atoms with Crippen molar-refractivity contribution in [2.24, 2.45) is 11.8 Å². The fraction of sp³-hybridized carbons (Fsp3) is 0.556. The highest BCUT2D eigenvalue weighted by Gasteiger charge is 2.29. The molecule has 1 aromatic rings. The first kappa shape index (κ1) is 16.5. The molecule has 0 spiro atoms. The maximum atomic E-state index is 12.3. The molecule has 0 aliphatic heterocycles. The molecule has 1 aromatic carbocycles. The van der Waals surface area contributed by atoms with Crippen LogP contribution in [0.4, 0.5) is 0 Å². The van der Waals surface area contributed by atoms with Crippen LogP contribution in [0.15, 0.2) is 12.1 Å². The number of carboxylic acids is 1. The molecule has 0 heterocycles. The number of amides is 1. The SMILES string of the molecule is Cc1cc(C)c(CNC(=O)C2CCC(C(=O)O)CC2)c(C)c1. The first-order valence-corrected chi connectivity index (χ1v) is 7.95. The first-order chi connectivity index (χ1) is 10.4. The Morgan fingerprint density at radius 3 is 2.05 bits per heavy atom. The third-order valence-corrected chi connectivity index (χ3v) is 4.73. The van der Waals surface area contributed by atoms with E-state index in [2.05, 4.69) is 38.2 Å². The van der Waals surface area contributed by atoms with Gasteiger partial charge in [-0.15, -0.1) is 0 Å². The smallest absolute Gasteiger partial charge is 0.306 e. The normalized spacial score (nSPS) is 21.4. The third-order valence-electron chi connectivity index (χ3n) is 4.73. The summed E-state index contributed by atoms with van der Waals surface area (Å²) in [7, 11) is 0. The predicted octanol–water partition coefficient (Wildman–Crippen LogP) is 3.12. The lowest BCUT2D eigenvalue weighted by molar-refractivity contribution is -0.144. The Hall–Kier alpha value is -1.84. The fourth-order valence-electron chi connectivity index (χ4n) is 3.41. The number of hydrogen-bond donors (Lipinski definition) is 2. The zero-order valence-electron chi connectivity index (χ0n) is 13.6. The molecule has 1 saturated carbocycles. The van der Waals surface area contributed by atoms with Crippen molar-refractivity contribution >= 4 is 11.9 Å². The summed E-state index contributed by atoms with van der Waals surface area (Å²) >= 11 is 0. The average Bonchev–Trinajstić information content (AvgIpc) is 2.46. The van der Waals surface area contributed by atoms with Crippen molar-refractivity contribution in [3.05, 3.63) is 34.4 Å². The average molecular weight is 303 g/mol. The topological polar surface area (TPSA) is 66.4 Å². The minimum atomic E-state index is -0.732. The van der Waals surface area contributed by atoms with Crippen LogP contribution in [0.3, 0.4) is 0 Å². The molecule has 120 valence electrons. The van der Waals surface area contributed by atoms with E-state index in [0.717, 1.165) is 0 Å². The van der Waals surface area contributed by atoms with Gasteiger partial charge in [-0.05, 0) is 63.1 Å². The van der Waals surface area contributed by atoms with Crippen LogP contribution in [0.5, 0.6) is 0 Å². The van der Waals surface area contributed by atoms with Crippen LogP contribution in [0.25, 0.3) is 0 Å². The number of carbonyl (C=O) groups is 2. The second-order valence-corrected chi connectivity index (χ2v) is 6.48. The summed E-state index contributed by atoms with van der Waals surface area (Å²) in [5.41, 5.74) is 4.81. The molecule has 0 bridgehead atoms. The monoisotopic (exact) mass is 303 g/mol. The third kappa shape index (κ3) is 3.87.